The number of benzene rings is 1. The molecule has 0 N–H and O–H groups in total. The van der Waals surface area contributed by atoms with Crippen molar-refractivity contribution in [2.75, 3.05) is 0 Å². The van der Waals surface area contributed by atoms with Crippen LogP contribution in [0.3, 0.4) is 0 Å². The Balaban J connectivity index is 2.75. The van der Waals surface area contributed by atoms with Gasteiger partial charge in [-0.2, -0.15) is 0 Å². The third-order valence-electron chi connectivity index (χ3n) is 2.10. The van der Waals surface area contributed by atoms with E-state index in [4.69, 9.17) is 8.83 Å². The lowest BCUT2D eigenvalue weighted by molar-refractivity contribution is 0.406. The number of para-hydroxylation sites is 1. The Morgan fingerprint density at radius 2 is 1.60 bits per heavy atom. The van der Waals surface area contributed by atoms with Crippen LogP contribution in [-0.2, 0) is 0 Å². The number of hydrogen-bond donors (Lipinski definition) is 0. The minimum Gasteiger partial charge on any atom is -0.420 e. The van der Waals surface area contributed by atoms with E-state index in [1.54, 1.807) is 24.3 Å². The lowest BCUT2D eigenvalue weighted by Crippen LogP contribution is -1.97. The first-order valence-corrected chi connectivity index (χ1v) is 4.21. The minimum atomic E-state index is -0.909. The Bertz CT molecular complexity index is 758. The Kier molecular flexibility index (Phi) is 1.39. The van der Waals surface area contributed by atoms with Crippen molar-refractivity contribution < 1.29 is 13.3 Å². The van der Waals surface area contributed by atoms with Crippen LogP contribution in [0, 0.1) is 0 Å². The third-order valence-corrected chi connectivity index (χ3v) is 2.10. The van der Waals surface area contributed by atoms with E-state index in [2.05, 4.69) is 4.42 Å². The Morgan fingerprint density at radius 1 is 0.867 bits per heavy atom. The zero-order chi connectivity index (χ0) is 10.4. The van der Waals surface area contributed by atoms with Crippen LogP contribution in [0.5, 0.6) is 0 Å². The van der Waals surface area contributed by atoms with Crippen molar-refractivity contribution in [3.05, 3.63) is 45.3 Å². The molecule has 3 aromatic rings. The zero-order valence-corrected chi connectivity index (χ0v) is 7.35. The fourth-order valence-corrected chi connectivity index (χ4v) is 1.48. The first-order valence-electron chi connectivity index (χ1n) is 4.21. The fraction of sp³-hybridized carbons (Fsp3) is 0. The van der Waals surface area contributed by atoms with Gasteiger partial charge in [-0.05, 0) is 12.1 Å². The molecule has 0 amide bonds. The van der Waals surface area contributed by atoms with Crippen molar-refractivity contribution in [3.63, 3.8) is 0 Å². The van der Waals surface area contributed by atoms with Gasteiger partial charge in [-0.25, -0.2) is 9.59 Å². The molecule has 5 heteroatoms. The molecule has 0 unspecified atom stereocenters. The van der Waals surface area contributed by atoms with Gasteiger partial charge in [0.25, 0.3) is 5.58 Å². The molecule has 0 atom stereocenters. The summed E-state index contributed by atoms with van der Waals surface area (Å²) in [6.45, 7) is 0. The van der Waals surface area contributed by atoms with Crippen LogP contribution in [-0.4, -0.2) is 0 Å². The minimum absolute atomic E-state index is 0.131. The summed E-state index contributed by atoms with van der Waals surface area (Å²) in [5.74, 6) is -0.909. The van der Waals surface area contributed by atoms with E-state index in [9.17, 15) is 9.59 Å². The van der Waals surface area contributed by atoms with Gasteiger partial charge in [0.15, 0.2) is 5.58 Å². The summed E-state index contributed by atoms with van der Waals surface area (Å²) in [7, 11) is 0. The molecule has 0 fully saturated rings. The lowest BCUT2D eigenvalue weighted by Gasteiger charge is -1.93. The fourth-order valence-electron chi connectivity index (χ4n) is 1.48. The monoisotopic (exact) mass is 204 g/mol. The summed E-state index contributed by atoms with van der Waals surface area (Å²) in [5.41, 5.74) is -0.403. The van der Waals surface area contributed by atoms with Gasteiger partial charge in [-0.3, -0.25) is 0 Å². The van der Waals surface area contributed by atoms with E-state index in [0.29, 0.717) is 11.0 Å². The molecule has 0 spiro atoms. The maximum Gasteiger partial charge on any atom is 0.519 e. The van der Waals surface area contributed by atoms with Gasteiger partial charge in [0.1, 0.15) is 5.58 Å². The average molecular weight is 204 g/mol. The van der Waals surface area contributed by atoms with Gasteiger partial charge in [0.2, 0.25) is 0 Å². The van der Waals surface area contributed by atoms with Crippen LogP contribution in [0.4, 0.5) is 0 Å². The summed E-state index contributed by atoms with van der Waals surface area (Å²) in [4.78, 5) is 22.2. The van der Waals surface area contributed by atoms with Gasteiger partial charge in [-0.15, -0.1) is 0 Å². The summed E-state index contributed by atoms with van der Waals surface area (Å²) in [5, 5.41) is 0.540. The SMILES string of the molecule is O=c1oc2c(=O)oc3ccccc3c2o1. The van der Waals surface area contributed by atoms with Crippen LogP contribution in [0.15, 0.2) is 47.1 Å². The molecule has 0 aliphatic carbocycles. The van der Waals surface area contributed by atoms with Gasteiger partial charge >= 0.3 is 11.4 Å². The third kappa shape index (κ3) is 1.03. The normalized spacial score (nSPS) is 11.2. The standard InChI is InChI=1S/C10H4O5/c11-9-8-7(14-10(12)15-8)5-3-1-2-4-6(5)13-9/h1-4H. The van der Waals surface area contributed by atoms with Crippen molar-refractivity contribution in [3.8, 4) is 0 Å². The molecule has 74 valence electrons. The molecule has 2 heterocycles. The second-order valence-electron chi connectivity index (χ2n) is 3.00. The van der Waals surface area contributed by atoms with E-state index >= 15 is 0 Å². The Labute approximate surface area is 81.5 Å². The summed E-state index contributed by atoms with van der Waals surface area (Å²) < 4.78 is 14.3. The molecular formula is C10H4O5. The van der Waals surface area contributed by atoms with Crippen molar-refractivity contribution >= 4 is 22.1 Å². The summed E-state index contributed by atoms with van der Waals surface area (Å²) >= 11 is 0. The molecule has 15 heavy (non-hydrogen) atoms. The number of rotatable bonds is 0. The molecule has 3 rings (SSSR count). The van der Waals surface area contributed by atoms with E-state index < -0.39 is 11.4 Å². The van der Waals surface area contributed by atoms with Crippen LogP contribution in [0.25, 0.3) is 22.1 Å². The molecule has 0 aliphatic heterocycles. The molecule has 1 aromatic carbocycles. The van der Waals surface area contributed by atoms with E-state index in [0.717, 1.165) is 0 Å². The molecule has 0 bridgehead atoms. The smallest absolute Gasteiger partial charge is 0.420 e. The summed E-state index contributed by atoms with van der Waals surface area (Å²) in [6, 6.07) is 6.76. The first kappa shape index (κ1) is 8.05. The van der Waals surface area contributed by atoms with Gasteiger partial charge < -0.3 is 13.3 Å². The molecule has 0 saturated heterocycles. The van der Waals surface area contributed by atoms with Crippen molar-refractivity contribution in [2.24, 2.45) is 0 Å². The molecule has 2 aromatic heterocycles. The van der Waals surface area contributed by atoms with Crippen LogP contribution in [0.2, 0.25) is 0 Å². The molecule has 0 aliphatic rings. The predicted octanol–water partition coefficient (Wildman–Crippen LogP) is 1.49. The maximum absolute atomic E-state index is 11.3. The largest absolute Gasteiger partial charge is 0.519 e. The van der Waals surface area contributed by atoms with Crippen molar-refractivity contribution in [1.82, 2.24) is 0 Å². The highest BCUT2D eigenvalue weighted by Gasteiger charge is 2.13. The van der Waals surface area contributed by atoms with Gasteiger partial charge in [-0.1, -0.05) is 12.1 Å². The Hall–Kier alpha value is -2.30. The number of fused-ring (bicyclic) bond motifs is 3. The van der Waals surface area contributed by atoms with Crippen molar-refractivity contribution in [1.29, 1.82) is 0 Å². The highest BCUT2D eigenvalue weighted by Crippen LogP contribution is 2.20. The highest BCUT2D eigenvalue weighted by atomic mass is 16.6. The second-order valence-corrected chi connectivity index (χ2v) is 3.00. The second kappa shape index (κ2) is 2.60. The first-order chi connectivity index (χ1) is 7.25. The zero-order valence-electron chi connectivity index (χ0n) is 7.35. The average Bonchev–Trinajstić information content (AvgIpc) is 2.61. The van der Waals surface area contributed by atoms with Crippen LogP contribution in [0.1, 0.15) is 0 Å². The van der Waals surface area contributed by atoms with Crippen molar-refractivity contribution in [2.45, 2.75) is 0 Å². The molecule has 5 nitrogen and oxygen atoms in total. The Morgan fingerprint density at radius 3 is 2.47 bits per heavy atom. The van der Waals surface area contributed by atoms with Crippen LogP contribution >= 0.6 is 0 Å². The maximum atomic E-state index is 11.3. The van der Waals surface area contributed by atoms with E-state index in [1.807, 2.05) is 0 Å². The van der Waals surface area contributed by atoms with Crippen LogP contribution < -0.4 is 11.4 Å². The molecular weight excluding hydrogens is 200 g/mol. The quantitative estimate of drug-likeness (QED) is 0.518. The van der Waals surface area contributed by atoms with E-state index in [-0.39, 0.29) is 11.2 Å². The number of hydrogen-bond acceptors (Lipinski definition) is 5. The van der Waals surface area contributed by atoms with Gasteiger partial charge in [0.05, 0.1) is 5.39 Å². The van der Waals surface area contributed by atoms with Gasteiger partial charge in [0, 0.05) is 0 Å². The highest BCUT2D eigenvalue weighted by molar-refractivity contribution is 5.97. The van der Waals surface area contributed by atoms with E-state index in [1.165, 1.54) is 0 Å². The lowest BCUT2D eigenvalue weighted by atomic mass is 10.2. The topological polar surface area (TPSA) is 73.6 Å². The molecule has 0 saturated carbocycles. The summed E-state index contributed by atoms with van der Waals surface area (Å²) in [6.07, 6.45) is 0. The molecule has 0 radical (unpaired) electrons. The predicted molar refractivity (Wildman–Crippen MR) is 50.8 cm³/mol.